The minimum atomic E-state index is -1.74. The van der Waals surface area contributed by atoms with Crippen LogP contribution in [0.3, 0.4) is 0 Å². The normalized spacial score (nSPS) is 27.5. The number of rotatable bonds is 2. The van der Waals surface area contributed by atoms with Crippen LogP contribution in [0.25, 0.3) is 11.5 Å². The van der Waals surface area contributed by atoms with Gasteiger partial charge in [-0.15, -0.1) is 0 Å². The number of amides is 1. The summed E-state index contributed by atoms with van der Waals surface area (Å²) in [5.41, 5.74) is -3.12. The van der Waals surface area contributed by atoms with Crippen molar-refractivity contribution in [3.63, 3.8) is 0 Å². The van der Waals surface area contributed by atoms with E-state index in [1.165, 1.54) is 4.90 Å². The lowest BCUT2D eigenvalue weighted by Crippen LogP contribution is -2.54. The van der Waals surface area contributed by atoms with Gasteiger partial charge in [0.1, 0.15) is 22.4 Å². The second kappa shape index (κ2) is 6.51. The first-order chi connectivity index (χ1) is 13.2. The van der Waals surface area contributed by atoms with E-state index in [0.717, 1.165) is 0 Å². The van der Waals surface area contributed by atoms with Crippen molar-refractivity contribution in [2.75, 3.05) is 26.3 Å². The van der Waals surface area contributed by atoms with Crippen molar-refractivity contribution < 1.29 is 23.2 Å². The van der Waals surface area contributed by atoms with Crippen LogP contribution in [0, 0.1) is 0 Å². The molecule has 2 aromatic rings. The lowest BCUT2D eigenvalue weighted by molar-refractivity contribution is -0.0680. The summed E-state index contributed by atoms with van der Waals surface area (Å²) in [4.78, 5) is 22.5. The van der Waals surface area contributed by atoms with Gasteiger partial charge in [-0.25, -0.2) is 9.18 Å². The van der Waals surface area contributed by atoms with Crippen molar-refractivity contribution in [1.29, 1.82) is 0 Å². The Bertz CT molecular complexity index is 868. The van der Waals surface area contributed by atoms with Crippen molar-refractivity contribution in [3.8, 4) is 11.5 Å². The molecule has 2 aromatic heterocycles. The predicted octanol–water partition coefficient (Wildman–Crippen LogP) is 2.75. The molecule has 28 heavy (non-hydrogen) atoms. The van der Waals surface area contributed by atoms with E-state index in [1.807, 2.05) is 0 Å². The molecule has 2 aliphatic rings. The third-order valence-corrected chi connectivity index (χ3v) is 5.13. The third-order valence-electron chi connectivity index (χ3n) is 5.13. The van der Waals surface area contributed by atoms with Crippen LogP contribution in [0.1, 0.15) is 33.1 Å². The molecule has 0 aliphatic carbocycles. The van der Waals surface area contributed by atoms with Crippen LogP contribution in [0.15, 0.2) is 28.9 Å². The number of likely N-dealkylation sites (tertiary alicyclic amines) is 1. The molecule has 2 saturated heterocycles. The molecule has 0 radical (unpaired) electrons. The number of carbonyl (C=O) groups excluding carboxylic acids is 1. The smallest absolute Gasteiger partial charge is 0.410 e. The van der Waals surface area contributed by atoms with Gasteiger partial charge in [-0.3, -0.25) is 4.98 Å². The Morgan fingerprint density at radius 1 is 1.32 bits per heavy atom. The molecule has 2 aliphatic heterocycles. The number of halogens is 1. The number of hydrogen-bond acceptors (Lipinski definition) is 7. The summed E-state index contributed by atoms with van der Waals surface area (Å²) in [5.74, 6) is 0.384. The number of aromatic nitrogens is 3. The molecule has 8 nitrogen and oxygen atoms in total. The van der Waals surface area contributed by atoms with E-state index >= 15 is 4.39 Å². The maximum atomic E-state index is 16.1. The molecule has 4 rings (SSSR count). The summed E-state index contributed by atoms with van der Waals surface area (Å²) < 4.78 is 32.6. The van der Waals surface area contributed by atoms with E-state index in [-0.39, 0.29) is 44.4 Å². The standard InChI is InChI=1S/C19H23FN4O4/c1-17(2,3)27-16(25)24-10-18(12-26-9-7-19(18,20)11-24)15-22-14(23-28-15)13-6-4-5-8-21-13/h4-6,8H,7,9-12H2,1-3H3/t18-,19+/m1/s1. The van der Waals surface area contributed by atoms with Gasteiger partial charge in [0.05, 0.1) is 13.2 Å². The van der Waals surface area contributed by atoms with Crippen molar-refractivity contribution in [2.45, 2.75) is 43.9 Å². The van der Waals surface area contributed by atoms with Crippen molar-refractivity contribution in [3.05, 3.63) is 30.3 Å². The second-order valence-corrected chi connectivity index (χ2v) is 8.32. The van der Waals surface area contributed by atoms with Crippen LogP contribution < -0.4 is 0 Å². The number of alkyl halides is 1. The van der Waals surface area contributed by atoms with Gasteiger partial charge in [-0.1, -0.05) is 11.2 Å². The molecular formula is C19H23FN4O4. The molecule has 2 atom stereocenters. The topological polar surface area (TPSA) is 90.6 Å². The second-order valence-electron chi connectivity index (χ2n) is 8.32. The number of ether oxygens (including phenoxy) is 2. The molecule has 150 valence electrons. The zero-order chi connectivity index (χ0) is 20.0. The van der Waals surface area contributed by atoms with E-state index in [9.17, 15) is 4.79 Å². The van der Waals surface area contributed by atoms with Gasteiger partial charge in [0.2, 0.25) is 11.7 Å². The molecule has 0 spiro atoms. The fourth-order valence-corrected chi connectivity index (χ4v) is 3.74. The van der Waals surface area contributed by atoms with E-state index in [4.69, 9.17) is 14.0 Å². The molecule has 0 unspecified atom stereocenters. The summed E-state index contributed by atoms with van der Waals surface area (Å²) in [6.07, 6.45) is 1.18. The SMILES string of the molecule is CC(C)(C)OC(=O)N1C[C@@]2(F)CCOC[C@@]2(c2nc(-c3ccccn3)no2)C1. The van der Waals surface area contributed by atoms with Gasteiger partial charge in [-0.05, 0) is 32.9 Å². The molecule has 4 heterocycles. The lowest BCUT2D eigenvalue weighted by Gasteiger charge is -2.39. The summed E-state index contributed by atoms with van der Waals surface area (Å²) in [6, 6.07) is 5.33. The molecule has 0 N–H and O–H groups in total. The van der Waals surface area contributed by atoms with E-state index in [2.05, 4.69) is 15.1 Å². The van der Waals surface area contributed by atoms with E-state index in [1.54, 1.807) is 45.2 Å². The Kier molecular flexibility index (Phi) is 4.37. The Balaban J connectivity index is 1.67. The fourth-order valence-electron chi connectivity index (χ4n) is 3.74. The first-order valence-electron chi connectivity index (χ1n) is 9.23. The minimum absolute atomic E-state index is 0.0439. The van der Waals surface area contributed by atoms with Gasteiger partial charge < -0.3 is 18.9 Å². The number of carbonyl (C=O) groups is 1. The fraction of sp³-hybridized carbons (Fsp3) is 0.579. The molecular weight excluding hydrogens is 367 g/mol. The summed E-state index contributed by atoms with van der Waals surface area (Å²) in [7, 11) is 0. The highest BCUT2D eigenvalue weighted by atomic mass is 19.1. The largest absolute Gasteiger partial charge is 0.444 e. The maximum absolute atomic E-state index is 16.1. The quantitative estimate of drug-likeness (QED) is 0.779. The van der Waals surface area contributed by atoms with Crippen molar-refractivity contribution in [1.82, 2.24) is 20.0 Å². The Morgan fingerprint density at radius 3 is 2.86 bits per heavy atom. The van der Waals surface area contributed by atoms with Crippen molar-refractivity contribution >= 4 is 6.09 Å². The average Bonchev–Trinajstić information content (AvgIpc) is 3.24. The number of fused-ring (bicyclic) bond motifs is 1. The van der Waals surface area contributed by atoms with Crippen LogP contribution in [0.5, 0.6) is 0 Å². The van der Waals surface area contributed by atoms with Crippen LogP contribution in [0.4, 0.5) is 9.18 Å². The molecule has 0 saturated carbocycles. The summed E-state index contributed by atoms with van der Waals surface area (Å²) in [5, 5.41) is 3.97. The van der Waals surface area contributed by atoms with Gasteiger partial charge in [0.15, 0.2) is 0 Å². The number of pyridine rings is 1. The first-order valence-corrected chi connectivity index (χ1v) is 9.23. The van der Waals surface area contributed by atoms with Crippen molar-refractivity contribution in [2.24, 2.45) is 0 Å². The molecule has 0 aromatic carbocycles. The minimum Gasteiger partial charge on any atom is -0.444 e. The van der Waals surface area contributed by atoms with Crippen LogP contribution in [0.2, 0.25) is 0 Å². The highest BCUT2D eigenvalue weighted by Crippen LogP contribution is 2.49. The average molecular weight is 390 g/mol. The molecule has 0 bridgehead atoms. The van der Waals surface area contributed by atoms with Gasteiger partial charge in [0, 0.05) is 25.8 Å². The predicted molar refractivity (Wildman–Crippen MR) is 96.3 cm³/mol. The third kappa shape index (κ3) is 3.13. The van der Waals surface area contributed by atoms with Gasteiger partial charge in [0.25, 0.3) is 0 Å². The molecule has 1 amide bonds. The Hall–Kier alpha value is -2.55. The van der Waals surface area contributed by atoms with Gasteiger partial charge in [-0.2, -0.15) is 4.98 Å². The monoisotopic (exact) mass is 390 g/mol. The Labute approximate surface area is 162 Å². The highest BCUT2D eigenvalue weighted by Gasteiger charge is 2.66. The lowest BCUT2D eigenvalue weighted by atomic mass is 9.73. The highest BCUT2D eigenvalue weighted by molar-refractivity contribution is 5.69. The molecule has 2 fully saturated rings. The zero-order valence-electron chi connectivity index (χ0n) is 16.1. The first kappa shape index (κ1) is 18.8. The summed E-state index contributed by atoms with van der Waals surface area (Å²) >= 11 is 0. The van der Waals surface area contributed by atoms with E-state index in [0.29, 0.717) is 5.69 Å². The van der Waals surface area contributed by atoms with Crippen LogP contribution in [-0.4, -0.2) is 63.7 Å². The zero-order valence-corrected chi connectivity index (χ0v) is 16.1. The van der Waals surface area contributed by atoms with Crippen LogP contribution in [-0.2, 0) is 14.9 Å². The number of hydrogen-bond donors (Lipinski definition) is 0. The van der Waals surface area contributed by atoms with Gasteiger partial charge >= 0.3 is 6.09 Å². The van der Waals surface area contributed by atoms with Crippen LogP contribution >= 0.6 is 0 Å². The van der Waals surface area contributed by atoms with E-state index < -0.39 is 22.8 Å². The summed E-state index contributed by atoms with van der Waals surface area (Å²) in [6.45, 7) is 5.57. The Morgan fingerprint density at radius 2 is 2.14 bits per heavy atom. The maximum Gasteiger partial charge on any atom is 0.410 e. The molecule has 9 heteroatoms. The number of nitrogens with zero attached hydrogens (tertiary/aromatic N) is 4.